The fraction of sp³-hybridized carbons (Fsp3) is 0.600. The molecule has 0 fully saturated rings. The van der Waals surface area contributed by atoms with Crippen molar-refractivity contribution < 1.29 is 79.2 Å². The summed E-state index contributed by atoms with van der Waals surface area (Å²) in [7, 11) is 0. The lowest BCUT2D eigenvalue weighted by molar-refractivity contribution is -0.146. The lowest BCUT2D eigenvalue weighted by Crippen LogP contribution is -2.61. The van der Waals surface area contributed by atoms with E-state index in [1.807, 2.05) is 0 Å². The summed E-state index contributed by atoms with van der Waals surface area (Å²) < 4.78 is 0. The first-order chi connectivity index (χ1) is 18.3. The maximum atomic E-state index is 10.8. The summed E-state index contributed by atoms with van der Waals surface area (Å²) in [5.41, 5.74) is 3.71. The Morgan fingerprint density at radius 1 is 0.550 bits per heavy atom. The summed E-state index contributed by atoms with van der Waals surface area (Å²) in [5, 5.41) is 71.6. The lowest BCUT2D eigenvalue weighted by Gasteiger charge is -2.36. The minimum atomic E-state index is -1.87. The minimum Gasteiger partial charge on any atom is -0.481 e. The highest BCUT2D eigenvalue weighted by Gasteiger charge is 2.42. The van der Waals surface area contributed by atoms with E-state index in [0.29, 0.717) is 0 Å². The third-order valence-corrected chi connectivity index (χ3v) is 4.80. The molecule has 40 heavy (non-hydrogen) atoms. The van der Waals surface area contributed by atoms with Gasteiger partial charge in [0, 0.05) is 19.1 Å². The fourth-order valence-electron chi connectivity index (χ4n) is 3.23. The molecule has 0 amide bonds. The van der Waals surface area contributed by atoms with Gasteiger partial charge >= 0.3 is 47.8 Å². The van der Waals surface area contributed by atoms with E-state index in [4.69, 9.17) is 46.6 Å². The van der Waals surface area contributed by atoms with Crippen LogP contribution in [-0.2, 0) is 38.4 Å². The number of rotatable bonds is 21. The standard InChI is InChI=1S/2C10H16N2O8/c11-5(1-6(13)14)10(2-7(15)16,3-8(17)18)12-4-9(19)20;13-7(14)3-11(4-8(15)16)1-2-12(5-9(17)18)6-10(19)20/h5,12H,1-4,11H2,(H,13,14)(H,15,16)(H,17,18)(H,19,20);1-6H2,(H,13,14)(H,15,16)(H,17,18)(H,19,20). The molecule has 20 nitrogen and oxygen atoms in total. The third kappa shape index (κ3) is 19.7. The van der Waals surface area contributed by atoms with Gasteiger partial charge in [-0.05, 0) is 0 Å². The van der Waals surface area contributed by atoms with Crippen molar-refractivity contribution in [1.82, 2.24) is 15.1 Å². The highest BCUT2D eigenvalue weighted by atomic mass is 16.4. The van der Waals surface area contributed by atoms with E-state index in [-0.39, 0.29) is 13.1 Å². The number of hydrogen-bond acceptors (Lipinski definition) is 12. The number of carboxylic acids is 8. The summed E-state index contributed by atoms with van der Waals surface area (Å²) in [4.78, 5) is 87.3. The zero-order chi connectivity index (χ0) is 31.6. The van der Waals surface area contributed by atoms with Gasteiger partial charge in [0.05, 0.1) is 57.5 Å². The van der Waals surface area contributed by atoms with Crippen LogP contribution in [-0.4, -0.2) is 156 Å². The molecule has 0 radical (unpaired) electrons. The van der Waals surface area contributed by atoms with E-state index >= 15 is 0 Å². The normalized spacial score (nSPS) is 11.7. The summed E-state index contributed by atoms with van der Waals surface area (Å²) in [6.07, 6.45) is -2.34. The van der Waals surface area contributed by atoms with Gasteiger partial charge in [0.25, 0.3) is 0 Å². The van der Waals surface area contributed by atoms with Crippen molar-refractivity contribution >= 4 is 47.8 Å². The average molecular weight is 584 g/mol. The van der Waals surface area contributed by atoms with Crippen LogP contribution in [0.15, 0.2) is 0 Å². The molecule has 0 spiro atoms. The first kappa shape index (κ1) is 37.8. The highest BCUT2D eigenvalue weighted by Crippen LogP contribution is 2.22. The molecule has 0 aromatic carbocycles. The van der Waals surface area contributed by atoms with Crippen LogP contribution < -0.4 is 11.1 Å². The molecule has 0 heterocycles. The van der Waals surface area contributed by atoms with Crippen molar-refractivity contribution in [2.24, 2.45) is 5.73 Å². The summed E-state index contributed by atoms with van der Waals surface area (Å²) in [6.45, 7) is -2.99. The molecule has 0 saturated carbocycles. The second kappa shape index (κ2) is 18.8. The Hall–Kier alpha value is -4.40. The topological polar surface area (TPSA) is 343 Å². The van der Waals surface area contributed by atoms with E-state index in [1.54, 1.807) is 0 Å². The van der Waals surface area contributed by atoms with E-state index < -0.39 is 111 Å². The Balaban J connectivity index is 0. The molecule has 0 aliphatic rings. The zero-order valence-electron chi connectivity index (χ0n) is 21.0. The molecule has 0 aromatic heterocycles. The van der Waals surface area contributed by atoms with Crippen LogP contribution in [0.4, 0.5) is 0 Å². The van der Waals surface area contributed by atoms with Gasteiger partial charge in [0.15, 0.2) is 0 Å². The van der Waals surface area contributed by atoms with Crippen LogP contribution in [0.3, 0.4) is 0 Å². The molecule has 1 unspecified atom stereocenters. The average Bonchev–Trinajstić information content (AvgIpc) is 2.73. The van der Waals surface area contributed by atoms with Gasteiger partial charge < -0.3 is 46.6 Å². The van der Waals surface area contributed by atoms with E-state index in [0.717, 1.165) is 9.80 Å². The molecule has 0 aromatic rings. The van der Waals surface area contributed by atoms with Crippen molar-refractivity contribution in [2.45, 2.75) is 30.8 Å². The fourth-order valence-corrected chi connectivity index (χ4v) is 3.23. The van der Waals surface area contributed by atoms with Crippen LogP contribution in [0.2, 0.25) is 0 Å². The largest absolute Gasteiger partial charge is 0.481 e. The summed E-state index contributed by atoms with van der Waals surface area (Å²) in [6, 6.07) is -1.38. The Morgan fingerprint density at radius 2 is 0.875 bits per heavy atom. The van der Waals surface area contributed by atoms with Crippen LogP contribution in [0.5, 0.6) is 0 Å². The predicted octanol–water partition coefficient (Wildman–Crippen LogP) is -3.92. The second-order valence-electron chi connectivity index (χ2n) is 8.25. The molecular formula is C20H32N4O16. The van der Waals surface area contributed by atoms with E-state index in [9.17, 15) is 38.4 Å². The molecule has 0 aliphatic carbocycles. The monoisotopic (exact) mass is 584 g/mol. The molecule has 0 aliphatic heterocycles. The van der Waals surface area contributed by atoms with Gasteiger partial charge in [-0.2, -0.15) is 0 Å². The van der Waals surface area contributed by atoms with Gasteiger partial charge in [-0.3, -0.25) is 53.5 Å². The van der Waals surface area contributed by atoms with Gasteiger partial charge in [0.1, 0.15) is 0 Å². The van der Waals surface area contributed by atoms with Crippen molar-refractivity contribution in [1.29, 1.82) is 0 Å². The first-order valence-corrected chi connectivity index (χ1v) is 11.0. The zero-order valence-corrected chi connectivity index (χ0v) is 21.0. The van der Waals surface area contributed by atoms with E-state index in [1.165, 1.54) is 0 Å². The highest BCUT2D eigenvalue weighted by molar-refractivity contribution is 5.76. The number of nitrogens with one attached hydrogen (secondary N) is 1. The number of nitrogens with two attached hydrogens (primary N) is 1. The maximum Gasteiger partial charge on any atom is 0.317 e. The number of aliphatic carboxylic acids is 8. The van der Waals surface area contributed by atoms with Crippen LogP contribution in [0, 0.1) is 0 Å². The SMILES string of the molecule is NC(CC(=O)O)C(CC(=O)O)(CC(=O)O)NCC(=O)O.O=C(O)CN(CCN(CC(=O)O)CC(=O)O)CC(=O)O. The second-order valence-corrected chi connectivity index (χ2v) is 8.25. The lowest BCUT2D eigenvalue weighted by atomic mass is 9.82. The maximum absolute atomic E-state index is 10.8. The number of carboxylic acid groups (broad SMARTS) is 8. The van der Waals surface area contributed by atoms with Crippen molar-refractivity contribution in [2.75, 3.05) is 45.8 Å². The number of carbonyl (C=O) groups is 8. The molecule has 0 bridgehead atoms. The Bertz CT molecular complexity index is 855. The smallest absolute Gasteiger partial charge is 0.317 e. The molecule has 228 valence electrons. The molecule has 20 heteroatoms. The van der Waals surface area contributed by atoms with Crippen LogP contribution >= 0.6 is 0 Å². The summed E-state index contributed by atoms with van der Waals surface area (Å²) in [5.74, 6) is -10.5. The van der Waals surface area contributed by atoms with Crippen molar-refractivity contribution in [3.8, 4) is 0 Å². The van der Waals surface area contributed by atoms with Gasteiger partial charge in [-0.1, -0.05) is 0 Å². The van der Waals surface area contributed by atoms with Crippen molar-refractivity contribution in [3.05, 3.63) is 0 Å². The molecule has 0 rings (SSSR count). The molecule has 0 saturated heterocycles. The summed E-state index contributed by atoms with van der Waals surface area (Å²) >= 11 is 0. The number of nitrogens with zero attached hydrogens (tertiary/aromatic N) is 2. The molecule has 1 atom stereocenters. The molecular weight excluding hydrogens is 552 g/mol. The van der Waals surface area contributed by atoms with Gasteiger partial charge in [0.2, 0.25) is 0 Å². The Morgan fingerprint density at radius 3 is 1.10 bits per heavy atom. The predicted molar refractivity (Wildman–Crippen MR) is 127 cm³/mol. The molecule has 11 N–H and O–H groups in total. The third-order valence-electron chi connectivity index (χ3n) is 4.80. The van der Waals surface area contributed by atoms with Crippen LogP contribution in [0.1, 0.15) is 19.3 Å². The Kier molecular flexibility index (Phi) is 17.7. The van der Waals surface area contributed by atoms with E-state index in [2.05, 4.69) is 5.32 Å². The van der Waals surface area contributed by atoms with Gasteiger partial charge in [-0.15, -0.1) is 0 Å². The Labute approximate surface area is 225 Å². The van der Waals surface area contributed by atoms with Gasteiger partial charge in [-0.25, -0.2) is 0 Å². The minimum absolute atomic E-state index is 0.0703. The first-order valence-electron chi connectivity index (χ1n) is 11.0. The number of hydrogen-bond donors (Lipinski definition) is 10. The van der Waals surface area contributed by atoms with Crippen LogP contribution in [0.25, 0.3) is 0 Å². The van der Waals surface area contributed by atoms with Crippen molar-refractivity contribution in [3.63, 3.8) is 0 Å². The quantitative estimate of drug-likeness (QED) is 0.0615.